The molecule has 0 saturated heterocycles. The van der Waals surface area contributed by atoms with Gasteiger partial charge in [-0.15, -0.1) is 6.58 Å². The van der Waals surface area contributed by atoms with Crippen molar-refractivity contribution >= 4 is 0 Å². The van der Waals surface area contributed by atoms with E-state index in [0.717, 1.165) is 12.8 Å². The second kappa shape index (κ2) is 7.32. The van der Waals surface area contributed by atoms with E-state index in [1.165, 1.54) is 18.9 Å². The molecule has 2 N–H and O–H groups in total. The maximum absolute atomic E-state index is 9.30. The molecule has 2 heteroatoms. The summed E-state index contributed by atoms with van der Waals surface area (Å²) < 4.78 is 0. The minimum absolute atomic E-state index is 0.626. The van der Waals surface area contributed by atoms with Crippen LogP contribution >= 0.6 is 0 Å². The van der Waals surface area contributed by atoms with Gasteiger partial charge in [0, 0.05) is 0 Å². The monoisotopic (exact) mass is 172 g/mol. The maximum atomic E-state index is 9.30. The highest BCUT2D eigenvalue weighted by atomic mass is 16.3. The van der Waals surface area contributed by atoms with Gasteiger partial charge in [0.05, 0.1) is 12.2 Å². The van der Waals surface area contributed by atoms with Crippen LogP contribution in [0.5, 0.6) is 0 Å². The average Bonchev–Trinajstić information content (AvgIpc) is 2.10. The van der Waals surface area contributed by atoms with E-state index < -0.39 is 12.2 Å². The molecule has 0 aliphatic carbocycles. The lowest BCUT2D eigenvalue weighted by atomic mass is 10.1. The Labute approximate surface area is 74.9 Å². The highest BCUT2D eigenvalue weighted by Gasteiger charge is 2.10. The molecule has 0 amide bonds. The Balaban J connectivity index is 3.30. The van der Waals surface area contributed by atoms with Gasteiger partial charge in [-0.3, -0.25) is 0 Å². The molecular weight excluding hydrogens is 152 g/mol. The van der Waals surface area contributed by atoms with Gasteiger partial charge in [0.2, 0.25) is 0 Å². The average molecular weight is 172 g/mol. The first-order valence-electron chi connectivity index (χ1n) is 4.71. The minimum atomic E-state index is -0.758. The van der Waals surface area contributed by atoms with Crippen molar-refractivity contribution in [1.82, 2.24) is 0 Å². The van der Waals surface area contributed by atoms with Gasteiger partial charge >= 0.3 is 0 Å². The predicted octanol–water partition coefficient (Wildman–Crippen LogP) is 1.86. The molecule has 12 heavy (non-hydrogen) atoms. The summed E-state index contributed by atoms with van der Waals surface area (Å²) >= 11 is 0. The van der Waals surface area contributed by atoms with Gasteiger partial charge in [-0.05, 0) is 6.42 Å². The Bertz CT molecular complexity index is 112. The largest absolute Gasteiger partial charge is 0.390 e. The fourth-order valence-corrected chi connectivity index (χ4v) is 1.11. The molecule has 72 valence electrons. The molecular formula is C10H20O2. The third-order valence-electron chi connectivity index (χ3n) is 1.99. The molecule has 0 aromatic rings. The van der Waals surface area contributed by atoms with Crippen LogP contribution in [0.4, 0.5) is 0 Å². The van der Waals surface area contributed by atoms with Gasteiger partial charge in [0.1, 0.15) is 0 Å². The summed E-state index contributed by atoms with van der Waals surface area (Å²) in [5.41, 5.74) is 0. The Hall–Kier alpha value is -0.340. The first-order chi connectivity index (χ1) is 5.72. The molecule has 0 aromatic heterocycles. The standard InChI is InChI=1S/C10H20O2/c1-3-5-6-7-8-10(12)9(11)4-2/h4,9-12H,2-3,5-8H2,1H3/t9-,10+/m1/s1. The summed E-state index contributed by atoms with van der Waals surface area (Å²) in [4.78, 5) is 0. The zero-order chi connectivity index (χ0) is 9.40. The molecule has 0 aromatic carbocycles. The van der Waals surface area contributed by atoms with Gasteiger partial charge < -0.3 is 10.2 Å². The van der Waals surface area contributed by atoms with Crippen LogP contribution in [0.1, 0.15) is 39.0 Å². The van der Waals surface area contributed by atoms with E-state index >= 15 is 0 Å². The van der Waals surface area contributed by atoms with Gasteiger partial charge in [-0.25, -0.2) is 0 Å². The number of rotatable bonds is 7. The first-order valence-corrected chi connectivity index (χ1v) is 4.71. The van der Waals surface area contributed by atoms with E-state index in [0.29, 0.717) is 6.42 Å². The van der Waals surface area contributed by atoms with E-state index in [1.54, 1.807) is 0 Å². The SMILES string of the molecule is C=C[C@@H](O)[C@@H](O)CCCCCC. The van der Waals surface area contributed by atoms with Crippen LogP contribution in [0, 0.1) is 0 Å². The normalized spacial score (nSPS) is 15.6. The van der Waals surface area contributed by atoms with Crippen molar-refractivity contribution in [2.45, 2.75) is 51.2 Å². The van der Waals surface area contributed by atoms with Crippen molar-refractivity contribution in [3.63, 3.8) is 0 Å². The highest BCUT2D eigenvalue weighted by Crippen LogP contribution is 2.08. The summed E-state index contributed by atoms with van der Waals surface area (Å²) in [6, 6.07) is 0. The number of aliphatic hydroxyl groups is 2. The number of hydrogen-bond donors (Lipinski definition) is 2. The van der Waals surface area contributed by atoms with E-state index in [4.69, 9.17) is 5.11 Å². The molecule has 0 heterocycles. The summed E-state index contributed by atoms with van der Waals surface area (Å²) in [6.07, 6.45) is 5.19. The van der Waals surface area contributed by atoms with Crippen molar-refractivity contribution < 1.29 is 10.2 Å². The predicted molar refractivity (Wildman–Crippen MR) is 51.0 cm³/mol. The van der Waals surface area contributed by atoms with Crippen LogP contribution in [0.15, 0.2) is 12.7 Å². The number of unbranched alkanes of at least 4 members (excludes halogenated alkanes) is 3. The summed E-state index contributed by atoms with van der Waals surface area (Å²) in [7, 11) is 0. The quantitative estimate of drug-likeness (QED) is 0.454. The van der Waals surface area contributed by atoms with Crippen LogP contribution in [-0.2, 0) is 0 Å². The molecule has 2 nitrogen and oxygen atoms in total. The third kappa shape index (κ3) is 5.33. The van der Waals surface area contributed by atoms with Crippen molar-refractivity contribution in [3.05, 3.63) is 12.7 Å². The van der Waals surface area contributed by atoms with Gasteiger partial charge in [0.25, 0.3) is 0 Å². The summed E-state index contributed by atoms with van der Waals surface area (Å²) in [5.74, 6) is 0. The fourth-order valence-electron chi connectivity index (χ4n) is 1.11. The lowest BCUT2D eigenvalue weighted by Gasteiger charge is -2.13. The van der Waals surface area contributed by atoms with E-state index in [1.807, 2.05) is 0 Å². The molecule has 0 aliphatic heterocycles. The summed E-state index contributed by atoms with van der Waals surface area (Å²) in [5, 5.41) is 18.4. The molecule has 0 radical (unpaired) electrons. The van der Waals surface area contributed by atoms with E-state index in [9.17, 15) is 5.11 Å². The Morgan fingerprint density at radius 3 is 2.42 bits per heavy atom. The topological polar surface area (TPSA) is 40.5 Å². The smallest absolute Gasteiger partial charge is 0.0977 e. The van der Waals surface area contributed by atoms with Crippen LogP contribution in [0.25, 0.3) is 0 Å². The Morgan fingerprint density at radius 1 is 1.25 bits per heavy atom. The van der Waals surface area contributed by atoms with Crippen molar-refractivity contribution in [1.29, 1.82) is 0 Å². The second-order valence-electron chi connectivity index (χ2n) is 3.14. The second-order valence-corrected chi connectivity index (χ2v) is 3.14. The molecule has 0 fully saturated rings. The highest BCUT2D eigenvalue weighted by molar-refractivity contribution is 4.83. The Morgan fingerprint density at radius 2 is 1.92 bits per heavy atom. The zero-order valence-corrected chi connectivity index (χ0v) is 7.87. The molecule has 0 aliphatic rings. The van der Waals surface area contributed by atoms with Gasteiger partial charge in [-0.1, -0.05) is 38.7 Å². The lowest BCUT2D eigenvalue weighted by molar-refractivity contribution is 0.0417. The minimum Gasteiger partial charge on any atom is -0.390 e. The molecule has 2 atom stereocenters. The molecule has 0 spiro atoms. The van der Waals surface area contributed by atoms with Gasteiger partial charge in [0.15, 0.2) is 0 Å². The molecule has 0 unspecified atom stereocenters. The summed E-state index contributed by atoms with van der Waals surface area (Å²) in [6.45, 7) is 5.56. The van der Waals surface area contributed by atoms with Crippen LogP contribution < -0.4 is 0 Å². The van der Waals surface area contributed by atoms with E-state index in [2.05, 4.69) is 13.5 Å². The van der Waals surface area contributed by atoms with Gasteiger partial charge in [-0.2, -0.15) is 0 Å². The fraction of sp³-hybridized carbons (Fsp3) is 0.800. The van der Waals surface area contributed by atoms with Crippen molar-refractivity contribution in [2.75, 3.05) is 0 Å². The van der Waals surface area contributed by atoms with E-state index in [-0.39, 0.29) is 0 Å². The molecule has 0 saturated carbocycles. The lowest BCUT2D eigenvalue weighted by Crippen LogP contribution is -2.23. The number of aliphatic hydroxyl groups excluding tert-OH is 2. The van der Waals surface area contributed by atoms with Crippen molar-refractivity contribution in [3.8, 4) is 0 Å². The molecule has 0 rings (SSSR count). The number of hydrogen-bond acceptors (Lipinski definition) is 2. The first kappa shape index (κ1) is 11.7. The van der Waals surface area contributed by atoms with Crippen molar-refractivity contribution in [2.24, 2.45) is 0 Å². The third-order valence-corrected chi connectivity index (χ3v) is 1.99. The van der Waals surface area contributed by atoms with Crippen LogP contribution in [0.2, 0.25) is 0 Å². The van der Waals surface area contributed by atoms with Crippen LogP contribution in [0.3, 0.4) is 0 Å². The maximum Gasteiger partial charge on any atom is 0.0977 e. The van der Waals surface area contributed by atoms with Crippen LogP contribution in [-0.4, -0.2) is 22.4 Å². The zero-order valence-electron chi connectivity index (χ0n) is 7.87. The molecule has 0 bridgehead atoms. The Kier molecular flexibility index (Phi) is 7.11.